The molecule has 1 aliphatic carbocycles. The second-order valence-corrected chi connectivity index (χ2v) is 13.0. The number of ether oxygens (including phenoxy) is 1. The summed E-state index contributed by atoms with van der Waals surface area (Å²) in [6.45, 7) is 0.859. The smallest absolute Gasteiger partial charge is 0.154 e. The van der Waals surface area contributed by atoms with Crippen LogP contribution in [0.2, 0.25) is 0 Å². The van der Waals surface area contributed by atoms with Crippen molar-refractivity contribution >= 4 is 45.4 Å². The number of hydrogen-bond donors (Lipinski definition) is 1. The fourth-order valence-corrected chi connectivity index (χ4v) is 9.77. The number of thioether (sulfide) groups is 3. The Bertz CT molecular complexity index is 992. The fraction of sp³-hybridized carbons (Fsp3) is 0.423. The van der Waals surface area contributed by atoms with Crippen LogP contribution in [-0.2, 0) is 0 Å². The fourth-order valence-electron chi connectivity index (χ4n) is 5.10. The summed E-state index contributed by atoms with van der Waals surface area (Å²) in [5, 5.41) is 1.26. The molecule has 2 aromatic rings. The predicted octanol–water partition coefficient (Wildman–Crippen LogP) is 6.62. The van der Waals surface area contributed by atoms with Crippen molar-refractivity contribution in [2.75, 3.05) is 19.4 Å². The van der Waals surface area contributed by atoms with Crippen LogP contribution in [-0.4, -0.2) is 33.9 Å². The van der Waals surface area contributed by atoms with Crippen molar-refractivity contribution in [1.29, 1.82) is 0 Å². The summed E-state index contributed by atoms with van der Waals surface area (Å²) in [4.78, 5) is 5.86. The molecule has 0 radical (unpaired) electrons. The van der Waals surface area contributed by atoms with E-state index < -0.39 is 0 Å². The lowest BCUT2D eigenvalue weighted by atomic mass is 9.75. The Morgan fingerprint density at radius 2 is 1.94 bits per heavy atom. The Balaban J connectivity index is 1.50. The van der Waals surface area contributed by atoms with Crippen LogP contribution in [0.15, 0.2) is 65.7 Å². The molecule has 1 saturated carbocycles. The third kappa shape index (κ3) is 4.59. The van der Waals surface area contributed by atoms with Gasteiger partial charge in [0.15, 0.2) is 5.17 Å². The molecule has 4 atom stereocenters. The normalized spacial score (nSPS) is 29.7. The lowest BCUT2D eigenvalue weighted by molar-refractivity contribution is 0.320. The number of nitrogens with zero attached hydrogens (tertiary/aromatic N) is 1. The first-order valence-corrected chi connectivity index (χ1v) is 14.1. The number of nitrogens with two attached hydrogens (primary N) is 1. The highest BCUT2D eigenvalue weighted by molar-refractivity contribution is 8.23. The summed E-state index contributed by atoms with van der Waals surface area (Å²) in [6, 6.07) is 19.7. The van der Waals surface area contributed by atoms with Gasteiger partial charge in [0.1, 0.15) is 5.75 Å². The molecule has 3 nitrogen and oxygen atoms in total. The molecular weight excluding hydrogens is 453 g/mol. The molecule has 0 amide bonds. The molecule has 3 aliphatic rings. The van der Waals surface area contributed by atoms with E-state index in [2.05, 4.69) is 89.2 Å². The van der Waals surface area contributed by atoms with Crippen LogP contribution in [0.3, 0.4) is 0 Å². The number of fused-ring (bicyclic) bond motifs is 1. The molecule has 1 fully saturated rings. The van der Waals surface area contributed by atoms with Gasteiger partial charge in [-0.05, 0) is 42.0 Å². The number of benzene rings is 2. The van der Waals surface area contributed by atoms with E-state index in [1.165, 1.54) is 41.7 Å². The Hall–Kier alpha value is -1.50. The van der Waals surface area contributed by atoms with Crippen molar-refractivity contribution < 1.29 is 4.74 Å². The van der Waals surface area contributed by atoms with Crippen LogP contribution >= 0.6 is 35.3 Å². The molecular formula is C26H30N2OS3. The maximum Gasteiger partial charge on any atom is 0.154 e. The van der Waals surface area contributed by atoms with Gasteiger partial charge in [0, 0.05) is 21.8 Å². The summed E-state index contributed by atoms with van der Waals surface area (Å²) >= 11 is 6.07. The molecule has 2 aromatic carbocycles. The number of rotatable bonds is 6. The van der Waals surface area contributed by atoms with Crippen molar-refractivity contribution in [3.8, 4) is 5.75 Å². The quantitative estimate of drug-likeness (QED) is 0.501. The summed E-state index contributed by atoms with van der Waals surface area (Å²) in [6.07, 6.45) is 7.72. The van der Waals surface area contributed by atoms with Gasteiger partial charge in [-0.1, -0.05) is 73.1 Å². The van der Waals surface area contributed by atoms with E-state index in [1.54, 1.807) is 18.9 Å². The Labute approximate surface area is 204 Å². The number of allylic oxidation sites excluding steroid dienone is 1. The summed E-state index contributed by atoms with van der Waals surface area (Å²) in [5.74, 6) is 3.07. The standard InChI is InChI=1S/C26H30N2OS3/c1-29-20-12-10-18(11-13-20)22-15-24(19-7-3-2-4-8-19)32-26(14-6-5-9-23(22)26)30-17-21-16-28-25(27)31-21/h2-4,7-8,10-13,15,21-23H,5-6,9,14,16-17H2,1H3,(H2,27,28)/t21-,22+,23-,26-/m1/s1. The Morgan fingerprint density at radius 3 is 2.66 bits per heavy atom. The highest BCUT2D eigenvalue weighted by atomic mass is 32.2. The molecule has 168 valence electrons. The van der Waals surface area contributed by atoms with Gasteiger partial charge in [0.05, 0.1) is 17.7 Å². The molecule has 2 heterocycles. The van der Waals surface area contributed by atoms with Crippen molar-refractivity contribution in [2.24, 2.45) is 16.6 Å². The Kier molecular flexibility index (Phi) is 6.81. The van der Waals surface area contributed by atoms with Crippen LogP contribution < -0.4 is 10.5 Å². The van der Waals surface area contributed by atoms with E-state index in [4.69, 9.17) is 10.5 Å². The van der Waals surface area contributed by atoms with Gasteiger partial charge in [-0.25, -0.2) is 0 Å². The molecule has 0 bridgehead atoms. The molecule has 0 spiro atoms. The van der Waals surface area contributed by atoms with Crippen molar-refractivity contribution in [1.82, 2.24) is 0 Å². The molecule has 2 aliphatic heterocycles. The number of methoxy groups -OCH3 is 1. The second-order valence-electron chi connectivity index (χ2n) is 8.69. The van der Waals surface area contributed by atoms with E-state index >= 15 is 0 Å². The van der Waals surface area contributed by atoms with Crippen molar-refractivity contribution in [3.63, 3.8) is 0 Å². The van der Waals surface area contributed by atoms with Gasteiger partial charge in [-0.15, -0.1) is 23.5 Å². The second kappa shape index (κ2) is 9.78. The van der Waals surface area contributed by atoms with E-state index in [9.17, 15) is 0 Å². The first-order chi connectivity index (χ1) is 15.7. The van der Waals surface area contributed by atoms with Gasteiger partial charge in [0.2, 0.25) is 0 Å². The van der Waals surface area contributed by atoms with E-state index in [1.807, 2.05) is 0 Å². The largest absolute Gasteiger partial charge is 0.497 e. The molecule has 6 heteroatoms. The SMILES string of the molecule is COc1ccc([C@@H]2C=C(c3ccccc3)S[C@]3(SC[C@H]4CN=C(N)S4)CCCC[C@H]23)cc1. The van der Waals surface area contributed by atoms with Crippen LogP contribution in [0.1, 0.15) is 42.7 Å². The topological polar surface area (TPSA) is 47.6 Å². The van der Waals surface area contributed by atoms with Gasteiger partial charge >= 0.3 is 0 Å². The van der Waals surface area contributed by atoms with E-state index in [0.717, 1.165) is 23.2 Å². The van der Waals surface area contributed by atoms with Gasteiger partial charge < -0.3 is 10.5 Å². The van der Waals surface area contributed by atoms with Gasteiger partial charge in [-0.3, -0.25) is 4.99 Å². The first kappa shape index (κ1) is 22.3. The van der Waals surface area contributed by atoms with Gasteiger partial charge in [0.25, 0.3) is 0 Å². The zero-order valence-electron chi connectivity index (χ0n) is 18.4. The van der Waals surface area contributed by atoms with E-state index in [-0.39, 0.29) is 4.08 Å². The third-order valence-electron chi connectivity index (χ3n) is 6.71. The third-order valence-corrected chi connectivity index (χ3v) is 11.6. The van der Waals surface area contributed by atoms with Crippen molar-refractivity contribution in [3.05, 3.63) is 71.8 Å². The number of hydrogen-bond acceptors (Lipinski definition) is 6. The monoisotopic (exact) mass is 482 g/mol. The minimum absolute atomic E-state index is 0.195. The molecule has 0 saturated heterocycles. The zero-order valence-corrected chi connectivity index (χ0v) is 20.9. The predicted molar refractivity (Wildman–Crippen MR) is 143 cm³/mol. The molecule has 5 rings (SSSR count). The first-order valence-electron chi connectivity index (χ1n) is 11.4. The maximum atomic E-state index is 5.96. The lowest BCUT2D eigenvalue weighted by Gasteiger charge is -2.50. The zero-order chi connectivity index (χ0) is 22.0. The summed E-state index contributed by atoms with van der Waals surface area (Å²) < 4.78 is 5.63. The molecule has 0 unspecified atom stereocenters. The van der Waals surface area contributed by atoms with Crippen LogP contribution in [0.5, 0.6) is 5.75 Å². The lowest BCUT2D eigenvalue weighted by Crippen LogP contribution is -2.41. The average molecular weight is 483 g/mol. The number of aliphatic imine (C=N–C) groups is 1. The number of amidine groups is 1. The minimum Gasteiger partial charge on any atom is -0.497 e. The highest BCUT2D eigenvalue weighted by Crippen LogP contribution is 2.63. The Morgan fingerprint density at radius 1 is 1.12 bits per heavy atom. The van der Waals surface area contributed by atoms with Crippen molar-refractivity contribution in [2.45, 2.75) is 40.9 Å². The molecule has 32 heavy (non-hydrogen) atoms. The summed E-state index contributed by atoms with van der Waals surface area (Å²) in [5.41, 5.74) is 8.70. The summed E-state index contributed by atoms with van der Waals surface area (Å²) in [7, 11) is 1.74. The minimum atomic E-state index is 0.195. The van der Waals surface area contributed by atoms with Crippen LogP contribution in [0.25, 0.3) is 4.91 Å². The maximum absolute atomic E-state index is 5.96. The average Bonchev–Trinajstić information content (AvgIpc) is 3.28. The van der Waals surface area contributed by atoms with E-state index in [0.29, 0.717) is 17.1 Å². The molecule has 2 N–H and O–H groups in total. The highest BCUT2D eigenvalue weighted by Gasteiger charge is 2.49. The van der Waals surface area contributed by atoms with Gasteiger partial charge in [-0.2, -0.15) is 0 Å². The molecule has 0 aromatic heterocycles. The van der Waals surface area contributed by atoms with Crippen LogP contribution in [0, 0.1) is 5.92 Å². The van der Waals surface area contributed by atoms with Crippen LogP contribution in [0.4, 0.5) is 0 Å².